The quantitative estimate of drug-likeness (QED) is 0.286. The Balaban J connectivity index is 1.65. The third kappa shape index (κ3) is 4.01. The normalized spacial score (nSPS) is 12.6. The number of hydrogen-bond acceptors (Lipinski definition) is 5. The number of benzene rings is 3. The Bertz CT molecular complexity index is 1530. The van der Waals surface area contributed by atoms with E-state index in [9.17, 15) is 9.90 Å². The Morgan fingerprint density at radius 2 is 1.88 bits per heavy atom. The highest BCUT2D eigenvalue weighted by molar-refractivity contribution is 7.19. The highest BCUT2D eigenvalue weighted by Crippen LogP contribution is 2.43. The molecule has 0 amide bonds. The van der Waals surface area contributed by atoms with Crippen LogP contribution in [0.4, 0.5) is 5.82 Å². The maximum atomic E-state index is 12.3. The number of thiophene rings is 1. The second-order valence-corrected chi connectivity index (χ2v) is 9.27. The summed E-state index contributed by atoms with van der Waals surface area (Å²) in [5.41, 5.74) is 3.83. The topological polar surface area (TPSA) is 75.1 Å². The Morgan fingerprint density at radius 1 is 1.09 bits per heavy atom. The van der Waals surface area contributed by atoms with Gasteiger partial charge in [-0.3, -0.25) is 0 Å². The third-order valence-electron chi connectivity index (χ3n) is 6.09. The molecule has 0 unspecified atom stereocenters. The van der Waals surface area contributed by atoms with Crippen molar-refractivity contribution >= 4 is 44.1 Å². The van der Waals surface area contributed by atoms with Gasteiger partial charge in [0, 0.05) is 18.2 Å². The monoisotopic (exact) mass is 468 g/mol. The lowest BCUT2D eigenvalue weighted by Gasteiger charge is -2.18. The number of carbonyl (C=O) groups is 1. The number of carboxylic acid groups (broad SMARTS) is 1. The summed E-state index contributed by atoms with van der Waals surface area (Å²) in [6, 6.07) is 21.1. The van der Waals surface area contributed by atoms with Crippen LogP contribution in [0.25, 0.3) is 32.1 Å². The number of fused-ring (bicyclic) bond motifs is 2. The van der Waals surface area contributed by atoms with E-state index >= 15 is 0 Å². The van der Waals surface area contributed by atoms with Gasteiger partial charge in [-0.15, -0.1) is 11.3 Å². The Kier molecular flexibility index (Phi) is 5.65. The van der Waals surface area contributed by atoms with Gasteiger partial charge in [-0.2, -0.15) is 0 Å². The average molecular weight is 469 g/mol. The van der Waals surface area contributed by atoms with Gasteiger partial charge in [0.05, 0.1) is 5.39 Å². The van der Waals surface area contributed by atoms with Crippen molar-refractivity contribution in [2.24, 2.45) is 0 Å². The van der Waals surface area contributed by atoms with Gasteiger partial charge in [-0.05, 0) is 40.8 Å². The van der Waals surface area contributed by atoms with Crippen LogP contribution in [0.5, 0.6) is 0 Å². The molecule has 1 atom stereocenters. The van der Waals surface area contributed by atoms with Gasteiger partial charge in [-0.1, -0.05) is 73.7 Å². The van der Waals surface area contributed by atoms with Gasteiger partial charge in [0.2, 0.25) is 0 Å². The lowest BCUT2D eigenvalue weighted by molar-refractivity contribution is -0.137. The first-order valence-electron chi connectivity index (χ1n) is 11.9. The molecule has 0 aliphatic heterocycles. The van der Waals surface area contributed by atoms with Gasteiger partial charge >= 0.3 is 5.97 Å². The van der Waals surface area contributed by atoms with Crippen LogP contribution in [0.3, 0.4) is 0 Å². The summed E-state index contributed by atoms with van der Waals surface area (Å²) in [5, 5.41) is 16.4. The van der Waals surface area contributed by atoms with Crippen molar-refractivity contribution in [3.63, 3.8) is 0 Å². The van der Waals surface area contributed by atoms with Gasteiger partial charge in [0.15, 0.2) is 0 Å². The number of aryl methyl sites for hydroxylation is 2. The Labute approximate surface area is 203 Å². The van der Waals surface area contributed by atoms with Crippen molar-refractivity contribution < 1.29 is 11.3 Å². The summed E-state index contributed by atoms with van der Waals surface area (Å²) < 4.78 is 7.79. The van der Waals surface area contributed by atoms with E-state index in [4.69, 9.17) is 1.37 Å². The molecule has 34 heavy (non-hydrogen) atoms. The SMILES string of the molecule is [2H]Cc1ccccc1C[C@H](Nc1ncnc2sc(CC)c(-c3cccc4ccccc34)c12)C(=O)O. The molecule has 5 rings (SSSR count). The second-order valence-electron chi connectivity index (χ2n) is 8.19. The van der Waals surface area contributed by atoms with Crippen LogP contribution in [0.1, 0.15) is 24.3 Å². The molecule has 0 saturated carbocycles. The molecule has 2 N–H and O–H groups in total. The molecule has 5 nitrogen and oxygen atoms in total. The number of hydrogen-bond donors (Lipinski definition) is 2. The summed E-state index contributed by atoms with van der Waals surface area (Å²) in [4.78, 5) is 23.3. The minimum atomic E-state index is -0.964. The predicted octanol–water partition coefficient (Wildman–Crippen LogP) is 6.49. The van der Waals surface area contributed by atoms with Crippen molar-refractivity contribution in [3.05, 3.63) is 89.1 Å². The van der Waals surface area contributed by atoms with Crippen LogP contribution in [-0.2, 0) is 17.6 Å². The number of nitrogens with zero attached hydrogens (tertiary/aromatic N) is 2. The summed E-state index contributed by atoms with van der Waals surface area (Å²) in [6.07, 6.45) is 2.58. The molecule has 0 fully saturated rings. The summed E-state index contributed by atoms with van der Waals surface area (Å²) >= 11 is 1.62. The zero-order chi connectivity index (χ0) is 24.4. The molecule has 6 heteroatoms. The number of aliphatic carboxylic acids is 1. The molecule has 0 aliphatic carbocycles. The van der Waals surface area contributed by atoms with Gasteiger partial charge in [-0.25, -0.2) is 14.8 Å². The summed E-state index contributed by atoms with van der Waals surface area (Å²) in [7, 11) is 0. The minimum absolute atomic E-state index is 0.107. The van der Waals surface area contributed by atoms with E-state index in [1.54, 1.807) is 11.3 Å². The van der Waals surface area contributed by atoms with E-state index in [0.717, 1.165) is 49.7 Å². The first-order valence-corrected chi connectivity index (χ1v) is 12.0. The maximum Gasteiger partial charge on any atom is 0.326 e. The smallest absolute Gasteiger partial charge is 0.326 e. The molecule has 0 aliphatic rings. The van der Waals surface area contributed by atoms with Crippen LogP contribution in [0, 0.1) is 6.90 Å². The summed E-state index contributed by atoms with van der Waals surface area (Å²) in [6.45, 7) is 2.23. The van der Waals surface area contributed by atoms with E-state index in [1.807, 2.05) is 36.4 Å². The average Bonchev–Trinajstić information content (AvgIpc) is 3.27. The Hall–Kier alpha value is -3.77. The number of carboxylic acids is 1. The molecule has 170 valence electrons. The van der Waals surface area contributed by atoms with Crippen LogP contribution in [0.15, 0.2) is 73.1 Å². The molecular formula is C28H25N3O2S. The maximum absolute atomic E-state index is 12.3. The Morgan fingerprint density at radius 3 is 2.71 bits per heavy atom. The number of anilines is 1. The zero-order valence-electron chi connectivity index (χ0n) is 19.8. The van der Waals surface area contributed by atoms with E-state index in [0.29, 0.717) is 5.82 Å². The van der Waals surface area contributed by atoms with Crippen molar-refractivity contribution in [3.8, 4) is 11.1 Å². The predicted molar refractivity (Wildman–Crippen MR) is 140 cm³/mol. The molecule has 2 heterocycles. The largest absolute Gasteiger partial charge is 0.480 e. The molecule has 5 aromatic rings. The number of rotatable bonds is 7. The van der Waals surface area contributed by atoms with E-state index in [2.05, 4.69) is 52.5 Å². The lowest BCUT2D eigenvalue weighted by atomic mass is 9.96. The summed E-state index contributed by atoms with van der Waals surface area (Å²) in [5.74, 6) is -0.446. The molecule has 0 saturated heterocycles. The molecule has 2 aromatic heterocycles. The standard InChI is InChI=1S/C28H25N3O2S/c1-3-23-24(21-14-8-12-18-10-6-7-13-20(18)21)25-26(29-16-30-27(25)34-23)31-22(28(32)33)15-19-11-5-4-9-17(19)2/h4-14,16,22H,3,15H2,1-2H3,(H,32,33)(H,29,30,31)/t22-/m0/s1/i2D. The molecule has 3 aromatic carbocycles. The van der Waals surface area contributed by atoms with Crippen molar-refractivity contribution in [1.82, 2.24) is 9.97 Å². The second kappa shape index (κ2) is 9.23. The van der Waals surface area contributed by atoms with Crippen LogP contribution in [-0.4, -0.2) is 27.1 Å². The van der Waals surface area contributed by atoms with Gasteiger partial charge in [0.1, 0.15) is 23.0 Å². The van der Waals surface area contributed by atoms with Crippen molar-refractivity contribution in [2.45, 2.75) is 32.7 Å². The van der Waals surface area contributed by atoms with Crippen molar-refractivity contribution in [2.75, 3.05) is 5.32 Å². The van der Waals surface area contributed by atoms with E-state index < -0.39 is 12.0 Å². The van der Waals surface area contributed by atoms with Crippen LogP contribution in [0.2, 0.25) is 0 Å². The van der Waals surface area contributed by atoms with Crippen LogP contribution < -0.4 is 5.32 Å². The highest BCUT2D eigenvalue weighted by Gasteiger charge is 2.24. The van der Waals surface area contributed by atoms with Crippen molar-refractivity contribution in [1.29, 1.82) is 0 Å². The molecule has 0 spiro atoms. The van der Waals surface area contributed by atoms with E-state index in [1.165, 1.54) is 11.2 Å². The minimum Gasteiger partial charge on any atom is -0.480 e. The fraction of sp³-hybridized carbons (Fsp3) is 0.179. The molecule has 0 bridgehead atoms. The third-order valence-corrected chi connectivity index (χ3v) is 7.33. The first-order chi connectivity index (χ1) is 17.1. The zero-order valence-corrected chi connectivity index (χ0v) is 19.6. The van der Waals surface area contributed by atoms with Crippen LogP contribution >= 0.6 is 11.3 Å². The highest BCUT2D eigenvalue weighted by atomic mass is 32.1. The number of nitrogens with one attached hydrogen (secondary N) is 1. The fourth-order valence-corrected chi connectivity index (χ4v) is 5.50. The number of aromatic nitrogens is 2. The van der Waals surface area contributed by atoms with Gasteiger partial charge < -0.3 is 10.4 Å². The molecular weight excluding hydrogens is 442 g/mol. The van der Waals surface area contributed by atoms with E-state index in [-0.39, 0.29) is 13.3 Å². The molecule has 0 radical (unpaired) electrons. The fourth-order valence-electron chi connectivity index (χ4n) is 4.41. The first kappa shape index (κ1) is 20.8. The van der Waals surface area contributed by atoms with Gasteiger partial charge in [0.25, 0.3) is 0 Å². The lowest BCUT2D eigenvalue weighted by Crippen LogP contribution is -2.32.